The number of nitrogens with zero attached hydrogens (tertiary/aromatic N) is 2. The van der Waals surface area contributed by atoms with E-state index in [4.69, 9.17) is 21.1 Å². The van der Waals surface area contributed by atoms with Crippen molar-refractivity contribution >= 4 is 11.8 Å². The second kappa shape index (κ2) is 5.99. The number of hydrogen-bond acceptors (Lipinski definition) is 7. The molecular weight excluding hydrogens is 198 g/mol. The topological polar surface area (TPSA) is 108 Å². The van der Waals surface area contributed by atoms with E-state index in [2.05, 4.69) is 15.4 Å². The van der Waals surface area contributed by atoms with Crippen molar-refractivity contribution in [1.82, 2.24) is 9.97 Å². The lowest BCUT2D eigenvalue weighted by Crippen LogP contribution is -2.12. The predicted molar refractivity (Wildman–Crippen MR) is 56.2 cm³/mol. The summed E-state index contributed by atoms with van der Waals surface area (Å²) in [5.41, 5.74) is 7.80. The number of rotatable bonds is 6. The number of nitrogen functional groups attached to an aromatic ring is 2. The number of aromatic nitrogens is 2. The van der Waals surface area contributed by atoms with Gasteiger partial charge in [-0.15, -0.1) is 0 Å². The summed E-state index contributed by atoms with van der Waals surface area (Å²) in [4.78, 5) is 7.69. The van der Waals surface area contributed by atoms with Gasteiger partial charge in [-0.3, -0.25) is 0 Å². The second-order valence-electron chi connectivity index (χ2n) is 2.64. The molecule has 0 aliphatic heterocycles. The predicted octanol–water partition coefficient (Wildman–Crippen LogP) is -0.240. The summed E-state index contributed by atoms with van der Waals surface area (Å²) in [5.74, 6) is 6.08. The Morgan fingerprint density at radius 2 is 2.20 bits per heavy atom. The van der Waals surface area contributed by atoms with E-state index in [1.807, 2.05) is 6.92 Å². The molecule has 84 valence electrons. The molecule has 7 nitrogen and oxygen atoms in total. The minimum atomic E-state index is 0.108. The summed E-state index contributed by atoms with van der Waals surface area (Å²) in [7, 11) is 0. The summed E-state index contributed by atoms with van der Waals surface area (Å²) in [6.07, 6.45) is 0. The van der Waals surface area contributed by atoms with E-state index in [1.54, 1.807) is 6.07 Å². The third kappa shape index (κ3) is 3.96. The van der Waals surface area contributed by atoms with Gasteiger partial charge in [0.15, 0.2) is 0 Å². The maximum atomic E-state index is 5.44. The van der Waals surface area contributed by atoms with Crippen molar-refractivity contribution in [2.75, 3.05) is 31.0 Å². The molecule has 0 saturated heterocycles. The van der Waals surface area contributed by atoms with Gasteiger partial charge >= 0.3 is 0 Å². The summed E-state index contributed by atoms with van der Waals surface area (Å²) in [6.45, 7) is 3.49. The first-order valence-corrected chi connectivity index (χ1v) is 4.58. The SMILES string of the molecule is CCOCCOc1cc(NN)nc(N)n1. The van der Waals surface area contributed by atoms with Crippen molar-refractivity contribution in [1.29, 1.82) is 0 Å². The minimum absolute atomic E-state index is 0.108. The molecule has 0 saturated carbocycles. The van der Waals surface area contributed by atoms with Crippen LogP contribution in [0.4, 0.5) is 11.8 Å². The van der Waals surface area contributed by atoms with Crippen molar-refractivity contribution in [3.8, 4) is 5.88 Å². The molecule has 1 rings (SSSR count). The first-order valence-electron chi connectivity index (χ1n) is 4.58. The maximum absolute atomic E-state index is 5.44. The molecular formula is C8H15N5O2. The van der Waals surface area contributed by atoms with E-state index in [9.17, 15) is 0 Å². The molecule has 0 aliphatic rings. The Morgan fingerprint density at radius 1 is 1.40 bits per heavy atom. The van der Waals surface area contributed by atoms with Gasteiger partial charge in [0, 0.05) is 12.7 Å². The fraction of sp³-hybridized carbons (Fsp3) is 0.500. The average molecular weight is 213 g/mol. The molecule has 1 aromatic rings. The standard InChI is InChI=1S/C8H15N5O2/c1-2-14-3-4-15-7-5-6(13-10)11-8(9)12-7/h5H,2-4,10H2,1H3,(H3,9,11,12,13). The summed E-state index contributed by atoms with van der Waals surface area (Å²) < 4.78 is 10.4. The van der Waals surface area contributed by atoms with E-state index in [0.29, 0.717) is 31.5 Å². The number of nitrogens with one attached hydrogen (secondary N) is 1. The van der Waals surface area contributed by atoms with Crippen LogP contribution in [-0.2, 0) is 4.74 Å². The van der Waals surface area contributed by atoms with Crippen LogP contribution in [0.1, 0.15) is 6.92 Å². The van der Waals surface area contributed by atoms with Crippen LogP contribution in [0.5, 0.6) is 5.88 Å². The fourth-order valence-corrected chi connectivity index (χ4v) is 0.940. The molecule has 1 aromatic heterocycles. The van der Waals surface area contributed by atoms with Gasteiger partial charge < -0.3 is 20.6 Å². The van der Waals surface area contributed by atoms with Crippen LogP contribution >= 0.6 is 0 Å². The van der Waals surface area contributed by atoms with Crippen LogP contribution in [0.3, 0.4) is 0 Å². The third-order valence-electron chi connectivity index (χ3n) is 1.55. The van der Waals surface area contributed by atoms with Gasteiger partial charge in [-0.2, -0.15) is 9.97 Å². The molecule has 0 amide bonds. The summed E-state index contributed by atoms with van der Waals surface area (Å²) in [6, 6.07) is 1.56. The minimum Gasteiger partial charge on any atom is -0.475 e. The highest BCUT2D eigenvalue weighted by Gasteiger charge is 2.01. The number of hydrogen-bond donors (Lipinski definition) is 3. The van der Waals surface area contributed by atoms with Crippen molar-refractivity contribution in [2.24, 2.45) is 5.84 Å². The molecule has 0 bridgehead atoms. The van der Waals surface area contributed by atoms with Crippen LogP contribution in [0.15, 0.2) is 6.07 Å². The van der Waals surface area contributed by atoms with Crippen molar-refractivity contribution < 1.29 is 9.47 Å². The first-order chi connectivity index (χ1) is 7.26. The third-order valence-corrected chi connectivity index (χ3v) is 1.55. The van der Waals surface area contributed by atoms with Gasteiger partial charge in [-0.25, -0.2) is 5.84 Å². The van der Waals surface area contributed by atoms with E-state index >= 15 is 0 Å². The molecule has 0 fully saturated rings. The molecule has 5 N–H and O–H groups in total. The largest absolute Gasteiger partial charge is 0.475 e. The van der Waals surface area contributed by atoms with Crippen molar-refractivity contribution in [3.63, 3.8) is 0 Å². The molecule has 15 heavy (non-hydrogen) atoms. The maximum Gasteiger partial charge on any atom is 0.225 e. The smallest absolute Gasteiger partial charge is 0.225 e. The number of anilines is 2. The van der Waals surface area contributed by atoms with Crippen LogP contribution in [-0.4, -0.2) is 29.8 Å². The quantitative estimate of drug-likeness (QED) is 0.340. The Labute approximate surface area is 87.8 Å². The zero-order valence-corrected chi connectivity index (χ0v) is 8.56. The Bertz CT molecular complexity index is 307. The normalized spacial score (nSPS) is 10.0. The highest BCUT2D eigenvalue weighted by molar-refractivity contribution is 5.41. The van der Waals surface area contributed by atoms with E-state index < -0.39 is 0 Å². The van der Waals surface area contributed by atoms with Crippen molar-refractivity contribution in [3.05, 3.63) is 6.07 Å². The lowest BCUT2D eigenvalue weighted by molar-refractivity contribution is 0.108. The molecule has 0 aromatic carbocycles. The number of hydrazine groups is 1. The van der Waals surface area contributed by atoms with E-state index in [1.165, 1.54) is 0 Å². The molecule has 0 radical (unpaired) electrons. The highest BCUT2D eigenvalue weighted by Crippen LogP contribution is 2.13. The lowest BCUT2D eigenvalue weighted by atomic mass is 10.5. The van der Waals surface area contributed by atoms with Crippen LogP contribution in [0.2, 0.25) is 0 Å². The van der Waals surface area contributed by atoms with Gasteiger partial charge in [0.1, 0.15) is 12.4 Å². The molecule has 0 spiro atoms. The summed E-state index contributed by atoms with van der Waals surface area (Å²) >= 11 is 0. The van der Waals surface area contributed by atoms with Gasteiger partial charge in [-0.05, 0) is 6.92 Å². The average Bonchev–Trinajstić information content (AvgIpc) is 2.23. The zero-order chi connectivity index (χ0) is 11.1. The van der Waals surface area contributed by atoms with E-state index in [-0.39, 0.29) is 5.95 Å². The molecule has 0 atom stereocenters. The lowest BCUT2D eigenvalue weighted by Gasteiger charge is -2.07. The molecule has 7 heteroatoms. The number of ether oxygens (including phenoxy) is 2. The molecule has 1 heterocycles. The van der Waals surface area contributed by atoms with Crippen LogP contribution in [0, 0.1) is 0 Å². The van der Waals surface area contributed by atoms with Crippen LogP contribution < -0.4 is 21.7 Å². The number of nitrogens with two attached hydrogens (primary N) is 2. The first kappa shape index (κ1) is 11.5. The van der Waals surface area contributed by atoms with Gasteiger partial charge in [0.05, 0.1) is 6.61 Å². The Hall–Kier alpha value is -1.60. The Balaban J connectivity index is 2.49. The Kier molecular flexibility index (Phi) is 4.58. The monoisotopic (exact) mass is 213 g/mol. The second-order valence-corrected chi connectivity index (χ2v) is 2.64. The molecule has 0 unspecified atom stereocenters. The van der Waals surface area contributed by atoms with E-state index in [0.717, 1.165) is 0 Å². The Morgan fingerprint density at radius 3 is 2.87 bits per heavy atom. The molecule has 0 aliphatic carbocycles. The van der Waals surface area contributed by atoms with Gasteiger partial charge in [-0.1, -0.05) is 0 Å². The zero-order valence-electron chi connectivity index (χ0n) is 8.56. The van der Waals surface area contributed by atoms with Crippen molar-refractivity contribution in [2.45, 2.75) is 6.92 Å². The summed E-state index contributed by atoms with van der Waals surface area (Å²) in [5, 5.41) is 0. The highest BCUT2D eigenvalue weighted by atomic mass is 16.5. The fourth-order valence-electron chi connectivity index (χ4n) is 0.940. The van der Waals surface area contributed by atoms with Gasteiger partial charge in [0.25, 0.3) is 0 Å². The van der Waals surface area contributed by atoms with Gasteiger partial charge in [0.2, 0.25) is 11.8 Å². The van der Waals surface area contributed by atoms with Crippen LogP contribution in [0.25, 0.3) is 0 Å².